The Labute approximate surface area is 163 Å². The minimum Gasteiger partial charge on any atom is -0.447 e. The molecule has 1 atom stereocenters. The van der Waals surface area contributed by atoms with E-state index in [4.69, 9.17) is 4.74 Å². The number of nitrogens with zero attached hydrogens (tertiary/aromatic N) is 4. The monoisotopic (exact) mass is 377 g/mol. The molecule has 0 bridgehead atoms. The molecule has 1 N–H and O–H groups in total. The second kappa shape index (κ2) is 6.83. The average molecular weight is 377 g/mol. The molecule has 0 aliphatic carbocycles. The van der Waals surface area contributed by atoms with Gasteiger partial charge >= 0.3 is 6.09 Å². The Morgan fingerprint density at radius 2 is 1.79 bits per heavy atom. The number of rotatable bonds is 3. The number of carbonyl (C=O) groups is 1. The standard InChI is InChI=1S/C21H23N5O2/c1-24-8-10-25(11-9-24)16-4-2-15(3-5-16)20-13-28-21(27)26(20)17-6-7-18-19(12-17)23-14-22-18/h2-7,12,14,20H,8-11,13H2,1H3,(H,22,23)/t20-/m1/s1. The van der Waals surface area contributed by atoms with Crippen LogP contribution >= 0.6 is 0 Å². The van der Waals surface area contributed by atoms with E-state index in [1.807, 2.05) is 18.2 Å². The number of imidazole rings is 1. The van der Waals surface area contributed by atoms with Crippen molar-refractivity contribution in [3.63, 3.8) is 0 Å². The van der Waals surface area contributed by atoms with Crippen molar-refractivity contribution in [2.75, 3.05) is 49.6 Å². The number of benzene rings is 2. The second-order valence-electron chi connectivity index (χ2n) is 7.45. The quantitative estimate of drug-likeness (QED) is 0.760. The molecule has 0 radical (unpaired) electrons. The fraction of sp³-hybridized carbons (Fsp3) is 0.333. The molecule has 2 aliphatic rings. The number of H-pyrrole nitrogens is 1. The van der Waals surface area contributed by atoms with E-state index in [-0.39, 0.29) is 12.1 Å². The first-order chi connectivity index (χ1) is 13.7. The SMILES string of the molecule is CN1CCN(c2ccc([C@H]3COC(=O)N3c3ccc4nc[nH]c4c3)cc2)CC1. The third-order valence-corrected chi connectivity index (χ3v) is 5.70. The lowest BCUT2D eigenvalue weighted by molar-refractivity contribution is 0.179. The molecule has 7 heteroatoms. The summed E-state index contributed by atoms with van der Waals surface area (Å²) in [5, 5.41) is 0. The lowest BCUT2D eigenvalue weighted by Gasteiger charge is -2.34. The van der Waals surface area contributed by atoms with E-state index in [1.165, 1.54) is 5.69 Å². The lowest BCUT2D eigenvalue weighted by Crippen LogP contribution is -2.44. The maximum Gasteiger partial charge on any atom is 0.415 e. The number of hydrogen-bond donors (Lipinski definition) is 1. The molecule has 144 valence electrons. The average Bonchev–Trinajstić information content (AvgIpc) is 3.34. The molecule has 1 aromatic heterocycles. The highest BCUT2D eigenvalue weighted by molar-refractivity contribution is 5.93. The van der Waals surface area contributed by atoms with E-state index in [2.05, 4.69) is 51.1 Å². The first-order valence-corrected chi connectivity index (χ1v) is 9.61. The second-order valence-corrected chi connectivity index (χ2v) is 7.45. The zero-order chi connectivity index (χ0) is 19.1. The van der Waals surface area contributed by atoms with E-state index in [9.17, 15) is 4.79 Å². The van der Waals surface area contributed by atoms with Gasteiger partial charge in [-0.25, -0.2) is 9.78 Å². The molecule has 5 rings (SSSR count). The Kier molecular flexibility index (Phi) is 4.16. The van der Waals surface area contributed by atoms with E-state index in [0.29, 0.717) is 6.61 Å². The number of likely N-dealkylation sites (N-methyl/N-ethyl adjacent to an activating group) is 1. The molecule has 3 aromatic rings. The van der Waals surface area contributed by atoms with Crippen LogP contribution in [-0.4, -0.2) is 60.8 Å². The van der Waals surface area contributed by atoms with Crippen LogP contribution < -0.4 is 9.80 Å². The summed E-state index contributed by atoms with van der Waals surface area (Å²) in [7, 11) is 2.16. The first kappa shape index (κ1) is 17.1. The van der Waals surface area contributed by atoms with Crippen molar-refractivity contribution in [2.24, 2.45) is 0 Å². The maximum absolute atomic E-state index is 12.4. The third-order valence-electron chi connectivity index (χ3n) is 5.70. The number of aromatic nitrogens is 2. The van der Waals surface area contributed by atoms with Gasteiger partial charge in [-0.05, 0) is 42.9 Å². The van der Waals surface area contributed by atoms with Gasteiger partial charge in [-0.1, -0.05) is 12.1 Å². The number of fused-ring (bicyclic) bond motifs is 1. The predicted molar refractivity (Wildman–Crippen MR) is 109 cm³/mol. The molecule has 2 aromatic carbocycles. The van der Waals surface area contributed by atoms with Crippen LogP contribution in [0.25, 0.3) is 11.0 Å². The van der Waals surface area contributed by atoms with Crippen LogP contribution in [0.4, 0.5) is 16.2 Å². The number of piperazine rings is 1. The molecule has 7 nitrogen and oxygen atoms in total. The third kappa shape index (κ3) is 2.97. The number of anilines is 2. The summed E-state index contributed by atoms with van der Waals surface area (Å²) < 4.78 is 5.38. The molecule has 2 aliphatic heterocycles. The van der Waals surface area contributed by atoms with Gasteiger partial charge in [0.25, 0.3) is 0 Å². The molecule has 2 saturated heterocycles. The highest BCUT2D eigenvalue weighted by Gasteiger charge is 2.35. The summed E-state index contributed by atoms with van der Waals surface area (Å²) >= 11 is 0. The van der Waals surface area contributed by atoms with Gasteiger partial charge in [0.05, 0.1) is 29.1 Å². The number of aromatic amines is 1. The fourth-order valence-electron chi connectivity index (χ4n) is 4.00. The van der Waals surface area contributed by atoms with Crippen LogP contribution in [0.5, 0.6) is 0 Å². The minimum absolute atomic E-state index is 0.130. The fourth-order valence-corrected chi connectivity index (χ4v) is 4.00. The Morgan fingerprint density at radius 1 is 1.04 bits per heavy atom. The molecule has 0 saturated carbocycles. The van der Waals surface area contributed by atoms with E-state index < -0.39 is 0 Å². The van der Waals surface area contributed by atoms with Crippen LogP contribution in [0.1, 0.15) is 11.6 Å². The Balaban J connectivity index is 1.40. The van der Waals surface area contributed by atoms with Gasteiger partial charge < -0.3 is 19.5 Å². The van der Waals surface area contributed by atoms with Crippen LogP contribution in [0.15, 0.2) is 48.8 Å². The molecule has 1 amide bonds. The summed E-state index contributed by atoms with van der Waals surface area (Å²) in [4.78, 5) is 26.3. The predicted octanol–water partition coefficient (Wildman–Crippen LogP) is 3.01. The van der Waals surface area contributed by atoms with Gasteiger partial charge in [-0.15, -0.1) is 0 Å². The smallest absolute Gasteiger partial charge is 0.415 e. The Bertz CT molecular complexity index is 991. The van der Waals surface area contributed by atoms with Gasteiger partial charge in [0.15, 0.2) is 0 Å². The zero-order valence-electron chi connectivity index (χ0n) is 15.8. The van der Waals surface area contributed by atoms with Crippen molar-refractivity contribution >= 4 is 28.5 Å². The normalized spacial score (nSPS) is 20.8. The lowest BCUT2D eigenvalue weighted by atomic mass is 10.0. The number of amides is 1. The molecular weight excluding hydrogens is 354 g/mol. The maximum atomic E-state index is 12.4. The molecule has 0 unspecified atom stereocenters. The summed E-state index contributed by atoms with van der Waals surface area (Å²) in [5.74, 6) is 0. The van der Waals surface area contributed by atoms with Gasteiger partial charge in [0.2, 0.25) is 0 Å². The van der Waals surface area contributed by atoms with Crippen molar-refractivity contribution in [1.29, 1.82) is 0 Å². The largest absolute Gasteiger partial charge is 0.447 e. The topological polar surface area (TPSA) is 64.7 Å². The Hall–Kier alpha value is -3.06. The summed E-state index contributed by atoms with van der Waals surface area (Å²) in [6.45, 7) is 4.59. The van der Waals surface area contributed by atoms with Crippen LogP contribution in [0, 0.1) is 0 Å². The van der Waals surface area contributed by atoms with Crippen molar-refractivity contribution in [2.45, 2.75) is 6.04 Å². The molecular formula is C21H23N5O2. The molecule has 3 heterocycles. The zero-order valence-corrected chi connectivity index (χ0v) is 15.8. The van der Waals surface area contributed by atoms with E-state index >= 15 is 0 Å². The number of ether oxygens (including phenoxy) is 1. The minimum atomic E-state index is -0.313. The van der Waals surface area contributed by atoms with Crippen LogP contribution in [-0.2, 0) is 4.74 Å². The molecule has 28 heavy (non-hydrogen) atoms. The van der Waals surface area contributed by atoms with Crippen LogP contribution in [0.2, 0.25) is 0 Å². The summed E-state index contributed by atoms with van der Waals surface area (Å²) in [6, 6.07) is 14.2. The molecule has 2 fully saturated rings. The number of carbonyl (C=O) groups excluding carboxylic acids is 1. The highest BCUT2D eigenvalue weighted by atomic mass is 16.6. The Morgan fingerprint density at radius 3 is 2.57 bits per heavy atom. The van der Waals surface area contributed by atoms with Gasteiger partial charge in [0.1, 0.15) is 6.61 Å². The van der Waals surface area contributed by atoms with Gasteiger partial charge in [-0.2, -0.15) is 0 Å². The summed E-state index contributed by atoms with van der Waals surface area (Å²) in [5.41, 5.74) is 4.90. The van der Waals surface area contributed by atoms with Gasteiger partial charge in [0, 0.05) is 31.9 Å². The van der Waals surface area contributed by atoms with Crippen molar-refractivity contribution < 1.29 is 9.53 Å². The highest BCUT2D eigenvalue weighted by Crippen LogP contribution is 2.34. The van der Waals surface area contributed by atoms with Crippen molar-refractivity contribution in [1.82, 2.24) is 14.9 Å². The number of nitrogens with one attached hydrogen (secondary N) is 1. The summed E-state index contributed by atoms with van der Waals surface area (Å²) in [6.07, 6.45) is 1.35. The van der Waals surface area contributed by atoms with Crippen molar-refractivity contribution in [3.8, 4) is 0 Å². The first-order valence-electron chi connectivity index (χ1n) is 9.61. The van der Waals surface area contributed by atoms with Gasteiger partial charge in [-0.3, -0.25) is 4.90 Å². The number of cyclic esters (lactones) is 1. The molecule has 0 spiro atoms. The van der Waals surface area contributed by atoms with Crippen molar-refractivity contribution in [3.05, 3.63) is 54.4 Å². The van der Waals surface area contributed by atoms with E-state index in [1.54, 1.807) is 11.2 Å². The van der Waals surface area contributed by atoms with Crippen LogP contribution in [0.3, 0.4) is 0 Å². The number of hydrogen-bond acceptors (Lipinski definition) is 5. The van der Waals surface area contributed by atoms with E-state index in [0.717, 1.165) is 48.5 Å².